The van der Waals surface area contributed by atoms with Crippen LogP contribution in [0.25, 0.3) is 21.5 Å². The first-order valence-corrected chi connectivity index (χ1v) is 17.4. The van der Waals surface area contributed by atoms with Crippen molar-refractivity contribution in [2.24, 2.45) is 0 Å². The van der Waals surface area contributed by atoms with Gasteiger partial charge in [0.1, 0.15) is 0 Å². The summed E-state index contributed by atoms with van der Waals surface area (Å²) in [4.78, 5) is 0. The van der Waals surface area contributed by atoms with E-state index in [0.717, 1.165) is 0 Å². The molecular weight excluding hydrogens is 471 g/mol. The zero-order valence-electron chi connectivity index (χ0n) is 15.3. The zero-order chi connectivity index (χ0) is 18.5. The summed E-state index contributed by atoms with van der Waals surface area (Å²) in [6, 6.07) is 29.3. The molecule has 0 bridgehead atoms. The Labute approximate surface area is 182 Å². The number of hydrogen-bond donors (Lipinski definition) is 0. The zero-order valence-corrected chi connectivity index (χ0v) is 21.3. The van der Waals surface area contributed by atoms with Gasteiger partial charge < -0.3 is 0 Å². The van der Waals surface area contributed by atoms with Crippen LogP contribution in [-0.2, 0) is 20.8 Å². The van der Waals surface area contributed by atoms with Gasteiger partial charge in [-0.2, -0.15) is 35.0 Å². The summed E-state index contributed by atoms with van der Waals surface area (Å²) >= 11 is -0.826. The van der Waals surface area contributed by atoms with E-state index in [4.69, 9.17) is 17.0 Å². The summed E-state index contributed by atoms with van der Waals surface area (Å²) < 4.78 is 0. The Morgan fingerprint density at radius 1 is 0.692 bits per heavy atom. The summed E-state index contributed by atoms with van der Waals surface area (Å²) in [6.07, 6.45) is 0. The van der Waals surface area contributed by atoms with Crippen LogP contribution >= 0.6 is 17.0 Å². The second-order valence-corrected chi connectivity index (χ2v) is 12.6. The second-order valence-electron chi connectivity index (χ2n) is 5.88. The van der Waals surface area contributed by atoms with Gasteiger partial charge in [-0.15, -0.1) is 59.3 Å². The predicted molar refractivity (Wildman–Crippen MR) is 120 cm³/mol. The van der Waals surface area contributed by atoms with Crippen LogP contribution in [0, 0.1) is 0 Å². The minimum atomic E-state index is -0.826. The largest absolute Gasteiger partial charge is 0.168 e. The van der Waals surface area contributed by atoms with Crippen molar-refractivity contribution in [1.82, 2.24) is 0 Å². The Morgan fingerprint density at radius 3 is 1.31 bits per heavy atom. The van der Waals surface area contributed by atoms with E-state index in [2.05, 4.69) is 105 Å². The molecule has 0 nitrogen and oxygen atoms in total. The monoisotopic (exact) mass is 491 g/mol. The van der Waals surface area contributed by atoms with Crippen molar-refractivity contribution in [1.29, 1.82) is 0 Å². The fraction of sp³-hybridized carbons (Fsp3) is 0.143. The number of benzene rings is 2. The molecule has 0 spiro atoms. The molecular formula is C21H23Cl2Si2Zr. The third-order valence-corrected chi connectivity index (χ3v) is 3.10. The molecule has 0 saturated carbocycles. The molecule has 4 aromatic rings. The molecule has 0 N–H and O–H groups in total. The van der Waals surface area contributed by atoms with Gasteiger partial charge in [0.05, 0.1) is 0 Å². The summed E-state index contributed by atoms with van der Waals surface area (Å²) in [5.41, 5.74) is 0. The minimum Gasteiger partial charge on any atom is -0.168 e. The van der Waals surface area contributed by atoms with Crippen LogP contribution in [-0.4, -0.2) is 19.8 Å². The smallest absolute Gasteiger partial charge is 0 e. The number of hydrogen-bond acceptors (Lipinski definition) is 0. The maximum Gasteiger partial charge on any atom is 0 e. The van der Waals surface area contributed by atoms with Crippen molar-refractivity contribution in [2.75, 3.05) is 0 Å². The van der Waals surface area contributed by atoms with E-state index in [1.807, 2.05) is 0 Å². The van der Waals surface area contributed by atoms with E-state index in [0.29, 0.717) is 0 Å². The third kappa shape index (κ3) is 10.6. The van der Waals surface area contributed by atoms with Crippen LogP contribution in [0.2, 0.25) is 19.6 Å². The first kappa shape index (κ1) is 25.6. The Morgan fingerprint density at radius 2 is 1.00 bits per heavy atom. The summed E-state index contributed by atoms with van der Waals surface area (Å²) in [5, 5.41) is 5.32. The van der Waals surface area contributed by atoms with E-state index >= 15 is 0 Å². The van der Waals surface area contributed by atoms with E-state index < -0.39 is 20.8 Å². The van der Waals surface area contributed by atoms with Crippen LogP contribution in [0.5, 0.6) is 0 Å². The van der Waals surface area contributed by atoms with Gasteiger partial charge in [-0.1, -0.05) is 31.8 Å². The Balaban J connectivity index is 0.000000350. The molecule has 4 aromatic carbocycles. The molecule has 0 aromatic heterocycles. The van der Waals surface area contributed by atoms with Crippen LogP contribution < -0.4 is 0 Å². The van der Waals surface area contributed by atoms with Crippen LogP contribution in [0.1, 0.15) is 0 Å². The Bertz CT molecular complexity index is 695. The molecule has 26 heavy (non-hydrogen) atoms. The maximum absolute atomic E-state index is 4.93. The van der Waals surface area contributed by atoms with Gasteiger partial charge in [-0.25, -0.2) is 0 Å². The molecule has 0 heterocycles. The molecule has 0 fully saturated rings. The van der Waals surface area contributed by atoms with Crippen LogP contribution in [0.4, 0.5) is 0 Å². The molecule has 0 amide bonds. The SMILES string of the molecule is C[Si](C)C.[Cl][Zr+2][Cl].[Si].c1ccc2[cH-]ccc2c1.c1ccc2[cH-]ccc2c1. The standard InChI is InChI=1S/2C9H7.C3H9Si.2ClH.Si.Zr/c2*1-2-5-9-7-3-6-8(9)4-1;1-4(2)3;;;;/h2*1-7H;1-3H3;2*1H;;/q2*-1;;;;;+4/p-2. The molecule has 5 heteroatoms. The first-order valence-electron chi connectivity index (χ1n) is 8.02. The molecule has 0 aliphatic carbocycles. The molecule has 5 radical (unpaired) electrons. The van der Waals surface area contributed by atoms with Crippen molar-refractivity contribution < 1.29 is 20.8 Å². The Kier molecular flexibility index (Phi) is 15.3. The number of fused-ring (bicyclic) bond motifs is 2. The quantitative estimate of drug-likeness (QED) is 0.176. The van der Waals surface area contributed by atoms with Gasteiger partial charge >= 0.3 is 37.9 Å². The van der Waals surface area contributed by atoms with Gasteiger partial charge in [0.25, 0.3) is 0 Å². The fourth-order valence-electron chi connectivity index (χ4n) is 2.14. The first-order chi connectivity index (χ1) is 12.1. The van der Waals surface area contributed by atoms with E-state index in [1.165, 1.54) is 21.5 Å². The fourth-order valence-corrected chi connectivity index (χ4v) is 2.14. The molecule has 133 valence electrons. The van der Waals surface area contributed by atoms with Gasteiger partial charge in [0, 0.05) is 19.8 Å². The van der Waals surface area contributed by atoms with Crippen molar-refractivity contribution in [3.05, 3.63) is 84.9 Å². The molecule has 0 aliphatic heterocycles. The van der Waals surface area contributed by atoms with Crippen molar-refractivity contribution in [3.8, 4) is 0 Å². The van der Waals surface area contributed by atoms with Crippen molar-refractivity contribution >= 4 is 58.3 Å². The number of halogens is 2. The minimum absolute atomic E-state index is 0. The molecule has 0 unspecified atom stereocenters. The van der Waals surface area contributed by atoms with Gasteiger partial charge in [0.2, 0.25) is 0 Å². The molecule has 0 atom stereocenters. The van der Waals surface area contributed by atoms with E-state index in [9.17, 15) is 0 Å². The second kappa shape index (κ2) is 15.6. The van der Waals surface area contributed by atoms with Crippen LogP contribution in [0.15, 0.2) is 84.9 Å². The summed E-state index contributed by atoms with van der Waals surface area (Å²) in [5.74, 6) is 0. The van der Waals surface area contributed by atoms with Crippen molar-refractivity contribution in [3.63, 3.8) is 0 Å². The molecule has 0 saturated heterocycles. The maximum atomic E-state index is 4.93. The molecule has 4 rings (SSSR count). The Hall–Kier alpha value is -0.443. The van der Waals surface area contributed by atoms with E-state index in [-0.39, 0.29) is 19.8 Å². The average molecular weight is 494 g/mol. The normalized spacial score (nSPS) is 8.85. The number of rotatable bonds is 0. The molecule has 0 aliphatic rings. The average Bonchev–Trinajstić information content (AvgIpc) is 3.24. The third-order valence-electron chi connectivity index (χ3n) is 3.10. The summed E-state index contributed by atoms with van der Waals surface area (Å²) in [7, 11) is 9.99. The van der Waals surface area contributed by atoms with Gasteiger partial charge in [-0.05, 0) is 0 Å². The predicted octanol–water partition coefficient (Wildman–Crippen LogP) is 7.48. The van der Waals surface area contributed by atoms with Crippen molar-refractivity contribution in [2.45, 2.75) is 19.6 Å². The van der Waals surface area contributed by atoms with Crippen LogP contribution in [0.3, 0.4) is 0 Å². The topological polar surface area (TPSA) is 0 Å². The van der Waals surface area contributed by atoms with Gasteiger partial charge in [0.15, 0.2) is 0 Å². The van der Waals surface area contributed by atoms with E-state index in [1.54, 1.807) is 0 Å². The van der Waals surface area contributed by atoms with Gasteiger partial charge in [-0.3, -0.25) is 0 Å². The summed E-state index contributed by atoms with van der Waals surface area (Å²) in [6.45, 7) is 6.81.